The predicted molar refractivity (Wildman–Crippen MR) is 82.4 cm³/mol. The number of nitrogens with zero attached hydrogens (tertiary/aromatic N) is 4. The van der Waals surface area contributed by atoms with Crippen LogP contribution in [-0.4, -0.2) is 32.6 Å². The highest BCUT2D eigenvalue weighted by atomic mass is 16.3. The molecule has 6 nitrogen and oxygen atoms in total. The van der Waals surface area contributed by atoms with E-state index in [4.69, 9.17) is 4.42 Å². The molecule has 22 heavy (non-hydrogen) atoms. The smallest absolute Gasteiger partial charge is 0.255 e. The molecule has 6 heteroatoms. The van der Waals surface area contributed by atoms with Crippen molar-refractivity contribution in [3.8, 4) is 0 Å². The Labute approximate surface area is 128 Å². The molecule has 0 bridgehead atoms. The van der Waals surface area contributed by atoms with Crippen molar-refractivity contribution >= 4 is 16.9 Å². The molecule has 0 aromatic carbocycles. The van der Waals surface area contributed by atoms with E-state index in [1.165, 1.54) is 0 Å². The molecule has 3 heterocycles. The Morgan fingerprint density at radius 1 is 1.41 bits per heavy atom. The summed E-state index contributed by atoms with van der Waals surface area (Å²) in [5, 5.41) is 5.18. The van der Waals surface area contributed by atoms with Gasteiger partial charge in [-0.15, -0.1) is 0 Å². The second-order valence-electron chi connectivity index (χ2n) is 5.56. The lowest BCUT2D eigenvalue weighted by molar-refractivity contribution is 0.0775. The molecule has 0 aliphatic rings. The van der Waals surface area contributed by atoms with E-state index in [0.717, 1.165) is 16.8 Å². The van der Waals surface area contributed by atoms with Crippen molar-refractivity contribution in [2.75, 3.05) is 7.05 Å². The first-order valence-corrected chi connectivity index (χ1v) is 7.17. The molecule has 0 radical (unpaired) electrons. The Kier molecular flexibility index (Phi) is 3.66. The van der Waals surface area contributed by atoms with Gasteiger partial charge in [-0.3, -0.25) is 4.79 Å². The van der Waals surface area contributed by atoms with Gasteiger partial charge in [0.05, 0.1) is 24.6 Å². The summed E-state index contributed by atoms with van der Waals surface area (Å²) in [6.45, 7) is 4.52. The van der Waals surface area contributed by atoms with Crippen LogP contribution in [0.5, 0.6) is 0 Å². The molecule has 0 saturated heterocycles. The molecular weight excluding hydrogens is 280 g/mol. The number of carbonyl (C=O) groups is 1. The van der Waals surface area contributed by atoms with Crippen molar-refractivity contribution in [2.45, 2.75) is 26.4 Å². The van der Waals surface area contributed by atoms with E-state index in [1.54, 1.807) is 30.6 Å². The molecule has 3 aromatic heterocycles. The van der Waals surface area contributed by atoms with E-state index >= 15 is 0 Å². The minimum Gasteiger partial charge on any atom is -0.467 e. The van der Waals surface area contributed by atoms with Gasteiger partial charge in [0.1, 0.15) is 5.76 Å². The maximum absolute atomic E-state index is 12.5. The monoisotopic (exact) mass is 298 g/mol. The van der Waals surface area contributed by atoms with Gasteiger partial charge in [-0.1, -0.05) is 0 Å². The Morgan fingerprint density at radius 2 is 2.23 bits per heavy atom. The third-order valence-electron chi connectivity index (χ3n) is 3.49. The number of carbonyl (C=O) groups excluding carboxylic acids is 1. The molecule has 0 saturated carbocycles. The predicted octanol–water partition coefficient (Wildman–Crippen LogP) is 2.88. The van der Waals surface area contributed by atoms with Gasteiger partial charge in [-0.05, 0) is 32.0 Å². The SMILES string of the molecule is CC(C)n1ncc2cc(C(=O)N(C)Cc3ccco3)cnc21. The van der Waals surface area contributed by atoms with Crippen molar-refractivity contribution in [3.63, 3.8) is 0 Å². The number of fused-ring (bicyclic) bond motifs is 1. The average Bonchev–Trinajstić information content (AvgIpc) is 3.14. The lowest BCUT2D eigenvalue weighted by Crippen LogP contribution is -2.26. The lowest BCUT2D eigenvalue weighted by atomic mass is 10.2. The molecular formula is C16H18N4O2. The van der Waals surface area contributed by atoms with Crippen LogP contribution in [0.3, 0.4) is 0 Å². The highest BCUT2D eigenvalue weighted by molar-refractivity contribution is 5.96. The second-order valence-corrected chi connectivity index (χ2v) is 5.56. The number of rotatable bonds is 4. The van der Waals surface area contributed by atoms with Crippen molar-refractivity contribution in [1.29, 1.82) is 0 Å². The maximum Gasteiger partial charge on any atom is 0.255 e. The first-order valence-electron chi connectivity index (χ1n) is 7.17. The van der Waals surface area contributed by atoms with Gasteiger partial charge < -0.3 is 9.32 Å². The molecule has 0 atom stereocenters. The Hall–Kier alpha value is -2.63. The standard InChI is InChI=1S/C16H18N4O2/c1-11(2)20-15-12(9-18-20)7-13(8-17-15)16(21)19(3)10-14-5-4-6-22-14/h4-9,11H,10H2,1-3H3. The maximum atomic E-state index is 12.5. The average molecular weight is 298 g/mol. The van der Waals surface area contributed by atoms with E-state index in [1.807, 2.05) is 36.7 Å². The highest BCUT2D eigenvalue weighted by Gasteiger charge is 2.16. The highest BCUT2D eigenvalue weighted by Crippen LogP contribution is 2.18. The van der Waals surface area contributed by atoms with Crippen molar-refractivity contribution in [1.82, 2.24) is 19.7 Å². The van der Waals surface area contributed by atoms with Gasteiger partial charge in [0.15, 0.2) is 5.65 Å². The molecule has 0 fully saturated rings. The quantitative estimate of drug-likeness (QED) is 0.743. The topological polar surface area (TPSA) is 64.2 Å². The fraction of sp³-hybridized carbons (Fsp3) is 0.312. The zero-order chi connectivity index (χ0) is 15.7. The van der Waals surface area contributed by atoms with Gasteiger partial charge in [0.25, 0.3) is 5.91 Å². The van der Waals surface area contributed by atoms with Crippen LogP contribution in [0.25, 0.3) is 11.0 Å². The van der Waals surface area contributed by atoms with Crippen LogP contribution in [0.4, 0.5) is 0 Å². The fourth-order valence-corrected chi connectivity index (χ4v) is 2.36. The Bertz CT molecular complexity index is 790. The number of amides is 1. The largest absolute Gasteiger partial charge is 0.467 e. The molecule has 0 spiro atoms. The van der Waals surface area contributed by atoms with Crippen LogP contribution >= 0.6 is 0 Å². The summed E-state index contributed by atoms with van der Waals surface area (Å²) in [5.41, 5.74) is 1.34. The number of hydrogen-bond acceptors (Lipinski definition) is 4. The van der Waals surface area contributed by atoms with Crippen LogP contribution in [0.1, 0.15) is 36.0 Å². The van der Waals surface area contributed by atoms with Crippen LogP contribution in [0.15, 0.2) is 41.3 Å². The molecule has 3 rings (SSSR count). The summed E-state index contributed by atoms with van der Waals surface area (Å²) in [6.07, 6.45) is 4.94. The first-order chi connectivity index (χ1) is 10.6. The molecule has 0 aliphatic carbocycles. The number of aromatic nitrogens is 3. The van der Waals surface area contributed by atoms with Crippen molar-refractivity contribution in [3.05, 3.63) is 48.2 Å². The Morgan fingerprint density at radius 3 is 2.91 bits per heavy atom. The Balaban J connectivity index is 1.85. The number of hydrogen-bond donors (Lipinski definition) is 0. The molecule has 0 unspecified atom stereocenters. The van der Waals surface area contributed by atoms with Gasteiger partial charge in [-0.2, -0.15) is 5.10 Å². The molecule has 3 aromatic rings. The summed E-state index contributed by atoms with van der Waals surface area (Å²) >= 11 is 0. The minimum atomic E-state index is -0.0944. The molecule has 0 N–H and O–H groups in total. The van der Waals surface area contributed by atoms with E-state index in [9.17, 15) is 4.79 Å². The minimum absolute atomic E-state index is 0.0944. The number of furan rings is 1. The van der Waals surface area contributed by atoms with Gasteiger partial charge >= 0.3 is 0 Å². The third kappa shape index (κ3) is 2.59. The summed E-state index contributed by atoms with van der Waals surface area (Å²) < 4.78 is 7.11. The number of pyridine rings is 1. The fourth-order valence-electron chi connectivity index (χ4n) is 2.36. The summed E-state index contributed by atoms with van der Waals surface area (Å²) in [7, 11) is 1.74. The van der Waals surface area contributed by atoms with E-state index in [-0.39, 0.29) is 11.9 Å². The summed E-state index contributed by atoms with van der Waals surface area (Å²) in [5.74, 6) is 0.653. The van der Waals surface area contributed by atoms with E-state index in [0.29, 0.717) is 12.1 Å². The van der Waals surface area contributed by atoms with Crippen LogP contribution in [0.2, 0.25) is 0 Å². The third-order valence-corrected chi connectivity index (χ3v) is 3.49. The van der Waals surface area contributed by atoms with Crippen molar-refractivity contribution < 1.29 is 9.21 Å². The van der Waals surface area contributed by atoms with Crippen LogP contribution in [-0.2, 0) is 6.54 Å². The van der Waals surface area contributed by atoms with E-state index < -0.39 is 0 Å². The zero-order valence-electron chi connectivity index (χ0n) is 12.9. The van der Waals surface area contributed by atoms with Crippen LogP contribution in [0, 0.1) is 0 Å². The van der Waals surface area contributed by atoms with E-state index in [2.05, 4.69) is 10.1 Å². The normalized spacial score (nSPS) is 11.3. The van der Waals surface area contributed by atoms with Gasteiger partial charge in [0, 0.05) is 24.7 Å². The van der Waals surface area contributed by atoms with Gasteiger partial charge in [0.2, 0.25) is 0 Å². The summed E-state index contributed by atoms with van der Waals surface area (Å²) in [6, 6.07) is 5.71. The second kappa shape index (κ2) is 5.63. The lowest BCUT2D eigenvalue weighted by Gasteiger charge is -2.15. The molecule has 114 valence electrons. The van der Waals surface area contributed by atoms with Crippen LogP contribution < -0.4 is 0 Å². The van der Waals surface area contributed by atoms with Gasteiger partial charge in [-0.25, -0.2) is 9.67 Å². The summed E-state index contributed by atoms with van der Waals surface area (Å²) in [4.78, 5) is 18.5. The molecule has 1 amide bonds. The molecule has 0 aliphatic heterocycles. The first kappa shape index (κ1) is 14.3. The zero-order valence-corrected chi connectivity index (χ0v) is 12.9. The van der Waals surface area contributed by atoms with Crippen molar-refractivity contribution in [2.24, 2.45) is 0 Å².